The Morgan fingerprint density at radius 3 is 2.90 bits per heavy atom. The van der Waals surface area contributed by atoms with Gasteiger partial charge in [0.25, 0.3) is 0 Å². The lowest BCUT2D eigenvalue weighted by atomic mass is 10.2. The van der Waals surface area contributed by atoms with E-state index < -0.39 is 0 Å². The summed E-state index contributed by atoms with van der Waals surface area (Å²) in [4.78, 5) is 36.7. The molecule has 4 heterocycles. The Balaban J connectivity index is 1.36. The van der Waals surface area contributed by atoms with E-state index in [1.165, 1.54) is 11.3 Å². The number of aromatic nitrogens is 2. The molecule has 4 rings (SSSR count). The number of carbonyl (C=O) groups excluding carboxylic acids is 2. The molecule has 0 radical (unpaired) electrons. The van der Waals surface area contributed by atoms with E-state index in [9.17, 15) is 9.59 Å². The van der Waals surface area contributed by atoms with Gasteiger partial charge in [-0.15, -0.1) is 22.7 Å². The number of ether oxygens (including phenoxy) is 1. The van der Waals surface area contributed by atoms with Crippen LogP contribution in [0.5, 0.6) is 0 Å². The number of pyridine rings is 1. The average molecular weight is 457 g/mol. The molecule has 3 aromatic rings. The largest absolute Gasteiger partial charge is 0.376 e. The van der Waals surface area contributed by atoms with E-state index in [-0.39, 0.29) is 24.3 Å². The van der Waals surface area contributed by atoms with Crippen molar-refractivity contribution in [1.29, 1.82) is 0 Å². The maximum absolute atomic E-state index is 13.1. The summed E-state index contributed by atoms with van der Waals surface area (Å²) in [6.07, 6.45) is 6.08. The van der Waals surface area contributed by atoms with Gasteiger partial charge in [0, 0.05) is 42.3 Å². The van der Waals surface area contributed by atoms with Gasteiger partial charge in [-0.1, -0.05) is 12.1 Å². The van der Waals surface area contributed by atoms with Crippen LogP contribution >= 0.6 is 22.7 Å². The van der Waals surface area contributed by atoms with Gasteiger partial charge in [0.2, 0.25) is 11.8 Å². The fraction of sp³-hybridized carbons (Fsp3) is 0.364. The van der Waals surface area contributed by atoms with Crippen LogP contribution in [0.3, 0.4) is 0 Å². The van der Waals surface area contributed by atoms with Crippen LogP contribution in [0, 0.1) is 0 Å². The smallest absolute Gasteiger partial charge is 0.231 e. The normalized spacial score (nSPS) is 15.7. The Bertz CT molecular complexity index is 985. The van der Waals surface area contributed by atoms with Gasteiger partial charge in [-0.3, -0.25) is 14.6 Å². The number of hydrogen-bond donors (Lipinski definition) is 1. The molecule has 1 N–H and O–H groups in total. The second kappa shape index (κ2) is 10.6. The topological polar surface area (TPSA) is 84.4 Å². The third kappa shape index (κ3) is 6.43. The number of anilines is 1. The van der Waals surface area contributed by atoms with E-state index in [0.29, 0.717) is 30.3 Å². The first-order valence-electron chi connectivity index (χ1n) is 10.2. The van der Waals surface area contributed by atoms with Crippen LogP contribution in [0.4, 0.5) is 5.13 Å². The highest BCUT2D eigenvalue weighted by atomic mass is 32.1. The summed E-state index contributed by atoms with van der Waals surface area (Å²) in [5.41, 5.74) is 1.64. The molecular formula is C22H24N4O3S2. The van der Waals surface area contributed by atoms with Crippen LogP contribution in [0.25, 0.3) is 0 Å². The lowest BCUT2D eigenvalue weighted by molar-refractivity contribution is -0.132. The first-order chi connectivity index (χ1) is 15.2. The van der Waals surface area contributed by atoms with E-state index in [1.54, 1.807) is 23.7 Å². The summed E-state index contributed by atoms with van der Waals surface area (Å²) in [5.74, 6) is -0.118. The molecule has 1 fully saturated rings. The quantitative estimate of drug-likeness (QED) is 0.533. The van der Waals surface area contributed by atoms with E-state index >= 15 is 0 Å². The minimum Gasteiger partial charge on any atom is -0.376 e. The molecule has 1 aliphatic heterocycles. The van der Waals surface area contributed by atoms with Gasteiger partial charge < -0.3 is 15.0 Å². The van der Waals surface area contributed by atoms with Crippen molar-refractivity contribution in [3.63, 3.8) is 0 Å². The number of rotatable bonds is 9. The molecule has 0 saturated carbocycles. The molecule has 0 aliphatic carbocycles. The molecule has 9 heteroatoms. The molecular weight excluding hydrogens is 432 g/mol. The predicted molar refractivity (Wildman–Crippen MR) is 121 cm³/mol. The van der Waals surface area contributed by atoms with Crippen molar-refractivity contribution in [3.05, 3.63) is 63.6 Å². The Hall–Kier alpha value is -2.62. The van der Waals surface area contributed by atoms with Crippen molar-refractivity contribution in [2.45, 2.75) is 38.3 Å². The number of hydrogen-bond acceptors (Lipinski definition) is 7. The minimum atomic E-state index is -0.105. The molecule has 7 nitrogen and oxygen atoms in total. The number of nitrogens with zero attached hydrogens (tertiary/aromatic N) is 3. The fourth-order valence-electron chi connectivity index (χ4n) is 3.45. The molecule has 0 bridgehead atoms. The first-order valence-corrected chi connectivity index (χ1v) is 12.0. The van der Waals surface area contributed by atoms with Crippen LogP contribution in [0.2, 0.25) is 0 Å². The van der Waals surface area contributed by atoms with Crippen LogP contribution in [-0.2, 0) is 33.7 Å². The van der Waals surface area contributed by atoms with Crippen molar-refractivity contribution in [2.24, 2.45) is 0 Å². The molecule has 162 valence electrons. The van der Waals surface area contributed by atoms with Gasteiger partial charge in [-0.05, 0) is 35.9 Å². The maximum Gasteiger partial charge on any atom is 0.231 e. The molecule has 1 atom stereocenters. The van der Waals surface area contributed by atoms with Gasteiger partial charge >= 0.3 is 0 Å². The van der Waals surface area contributed by atoms with E-state index in [4.69, 9.17) is 4.74 Å². The van der Waals surface area contributed by atoms with Gasteiger partial charge in [0.1, 0.15) is 0 Å². The second-order valence-corrected chi connectivity index (χ2v) is 9.29. The van der Waals surface area contributed by atoms with E-state index in [2.05, 4.69) is 15.3 Å². The molecule has 3 aromatic heterocycles. The van der Waals surface area contributed by atoms with Crippen molar-refractivity contribution < 1.29 is 14.3 Å². The van der Waals surface area contributed by atoms with Crippen LogP contribution in [0.1, 0.15) is 29.0 Å². The lowest BCUT2D eigenvalue weighted by Crippen LogP contribution is -2.38. The summed E-state index contributed by atoms with van der Waals surface area (Å²) in [5, 5.41) is 7.11. The van der Waals surface area contributed by atoms with E-state index in [1.807, 2.05) is 39.9 Å². The first kappa shape index (κ1) is 21.6. The van der Waals surface area contributed by atoms with Crippen molar-refractivity contribution in [1.82, 2.24) is 14.9 Å². The second-order valence-electron chi connectivity index (χ2n) is 7.40. The maximum atomic E-state index is 13.1. The standard InChI is InChI=1S/C22H24N4O3S2/c27-20(11-19-6-3-9-30-19)25-22-24-17(15-31-22)10-21(28)26(14-18-5-2-8-29-18)13-16-4-1-7-23-12-16/h1,3-4,6-7,9,12,15,18H,2,5,8,10-11,13-14H2,(H,24,25,27). The van der Waals surface area contributed by atoms with Crippen molar-refractivity contribution in [3.8, 4) is 0 Å². The number of nitrogens with one attached hydrogen (secondary N) is 1. The highest BCUT2D eigenvalue weighted by Gasteiger charge is 2.23. The summed E-state index contributed by atoms with van der Waals surface area (Å²) >= 11 is 2.89. The summed E-state index contributed by atoms with van der Waals surface area (Å²) in [6, 6.07) is 7.69. The van der Waals surface area contributed by atoms with Gasteiger partial charge in [-0.25, -0.2) is 4.98 Å². The molecule has 1 unspecified atom stereocenters. The zero-order valence-corrected chi connectivity index (χ0v) is 18.7. The number of thiazole rings is 1. The van der Waals surface area contributed by atoms with Crippen molar-refractivity contribution in [2.75, 3.05) is 18.5 Å². The molecule has 1 aliphatic rings. The van der Waals surface area contributed by atoms with Gasteiger partial charge in [0.15, 0.2) is 5.13 Å². The Morgan fingerprint density at radius 1 is 1.23 bits per heavy atom. The summed E-state index contributed by atoms with van der Waals surface area (Å²) in [6.45, 7) is 1.80. The zero-order chi connectivity index (χ0) is 21.5. The summed E-state index contributed by atoms with van der Waals surface area (Å²) < 4.78 is 5.74. The molecule has 31 heavy (non-hydrogen) atoms. The zero-order valence-electron chi connectivity index (χ0n) is 17.0. The van der Waals surface area contributed by atoms with Crippen LogP contribution < -0.4 is 5.32 Å². The third-order valence-corrected chi connectivity index (χ3v) is 6.63. The molecule has 1 saturated heterocycles. The lowest BCUT2D eigenvalue weighted by Gasteiger charge is -2.25. The summed E-state index contributed by atoms with van der Waals surface area (Å²) in [7, 11) is 0. The average Bonchev–Trinajstić information content (AvgIpc) is 3.52. The Morgan fingerprint density at radius 2 is 2.16 bits per heavy atom. The Labute approximate surface area is 189 Å². The molecule has 0 spiro atoms. The van der Waals surface area contributed by atoms with Crippen molar-refractivity contribution >= 4 is 39.6 Å². The van der Waals surface area contributed by atoms with Crippen LogP contribution in [0.15, 0.2) is 47.4 Å². The highest BCUT2D eigenvalue weighted by molar-refractivity contribution is 7.14. The highest BCUT2D eigenvalue weighted by Crippen LogP contribution is 2.19. The monoisotopic (exact) mass is 456 g/mol. The third-order valence-electron chi connectivity index (χ3n) is 4.94. The Kier molecular flexibility index (Phi) is 7.39. The van der Waals surface area contributed by atoms with Crippen LogP contribution in [-0.4, -0.2) is 45.9 Å². The SMILES string of the molecule is O=C(Cc1cccs1)Nc1nc(CC(=O)N(Cc2cccnc2)CC2CCCO2)cs1. The fourth-order valence-corrected chi connectivity index (χ4v) is 4.88. The predicted octanol–water partition coefficient (Wildman–Crippen LogP) is 3.53. The van der Waals surface area contributed by atoms with E-state index in [0.717, 1.165) is 29.9 Å². The molecule has 0 aromatic carbocycles. The van der Waals surface area contributed by atoms with Gasteiger partial charge in [-0.2, -0.15) is 0 Å². The number of thiophene rings is 1. The molecule has 2 amide bonds. The van der Waals surface area contributed by atoms with Gasteiger partial charge in [0.05, 0.1) is 24.6 Å². The number of carbonyl (C=O) groups is 2. The number of amides is 2. The minimum absolute atomic E-state index is 0.0129.